The lowest BCUT2D eigenvalue weighted by Crippen LogP contribution is -2.38. The zero-order chi connectivity index (χ0) is 36.2. The summed E-state index contributed by atoms with van der Waals surface area (Å²) in [5, 5.41) is 18.2. The molecule has 0 radical (unpaired) electrons. The molecule has 272 valence electrons. The van der Waals surface area contributed by atoms with Crippen LogP contribution in [0.25, 0.3) is 5.65 Å². The molecule has 2 atom stereocenters. The van der Waals surface area contributed by atoms with Crippen LogP contribution in [0.1, 0.15) is 98.6 Å². The van der Waals surface area contributed by atoms with Gasteiger partial charge in [0.2, 0.25) is 18.2 Å². The summed E-state index contributed by atoms with van der Waals surface area (Å²) in [6, 6.07) is -0.155. The van der Waals surface area contributed by atoms with Crippen LogP contribution in [0, 0.1) is 5.92 Å². The van der Waals surface area contributed by atoms with Crippen molar-refractivity contribution in [3.63, 3.8) is 0 Å². The Bertz CT molecular complexity index is 1500. The number of carbonyl (C=O) groups is 3. The van der Waals surface area contributed by atoms with Gasteiger partial charge in [-0.05, 0) is 55.3 Å². The molecule has 3 amide bonds. The third-order valence-electron chi connectivity index (χ3n) is 7.58. The Morgan fingerprint density at radius 3 is 2.39 bits per heavy atom. The molecule has 12 nitrogen and oxygen atoms in total. The molecule has 0 aromatic carbocycles. The highest BCUT2D eigenvalue weighted by Gasteiger charge is 2.47. The average molecular weight is 709 g/mol. The van der Waals surface area contributed by atoms with Gasteiger partial charge in [-0.3, -0.25) is 14.4 Å². The second kappa shape index (κ2) is 17.9. The Kier molecular flexibility index (Phi) is 14.3. The van der Waals surface area contributed by atoms with Crippen LogP contribution in [0.4, 0.5) is 30.7 Å². The minimum absolute atomic E-state index is 0.118. The zero-order valence-electron chi connectivity index (χ0n) is 26.9. The second-order valence-electron chi connectivity index (χ2n) is 11.4. The first-order chi connectivity index (χ1) is 23.3. The van der Waals surface area contributed by atoms with Crippen LogP contribution in [-0.4, -0.2) is 74.2 Å². The Morgan fingerprint density at radius 1 is 1.16 bits per heavy atom. The molecule has 1 aliphatic heterocycles. The van der Waals surface area contributed by atoms with Crippen molar-refractivity contribution in [1.29, 1.82) is 0 Å². The molecule has 2 saturated carbocycles. The summed E-state index contributed by atoms with van der Waals surface area (Å²) in [5.74, 6) is -3.92. The van der Waals surface area contributed by atoms with Crippen LogP contribution >= 0.6 is 0 Å². The molecule has 3 aliphatic rings. The molecule has 3 N–H and O–H groups in total. The van der Waals surface area contributed by atoms with Gasteiger partial charge >= 0.3 is 6.18 Å². The second-order valence-corrected chi connectivity index (χ2v) is 11.4. The molecular formula is C30H39F7N8O4. The molecule has 3 aromatic heterocycles. The van der Waals surface area contributed by atoms with Gasteiger partial charge in [-0.15, -0.1) is 0 Å². The molecule has 0 bridgehead atoms. The summed E-state index contributed by atoms with van der Waals surface area (Å²) < 4.78 is 91.2. The number of fused-ring (bicyclic) bond motifs is 1. The van der Waals surface area contributed by atoms with Crippen molar-refractivity contribution in [3.05, 3.63) is 41.1 Å². The highest BCUT2D eigenvalue weighted by molar-refractivity contribution is 5.93. The van der Waals surface area contributed by atoms with Gasteiger partial charge in [-0.2, -0.15) is 18.3 Å². The number of alkyl halides is 7. The fraction of sp³-hybridized carbons (Fsp3) is 0.633. The molecule has 3 aromatic rings. The van der Waals surface area contributed by atoms with E-state index in [0.717, 1.165) is 19.3 Å². The number of rotatable bonds is 9. The first kappa shape index (κ1) is 39.1. The lowest BCUT2D eigenvalue weighted by Gasteiger charge is -2.20. The van der Waals surface area contributed by atoms with Crippen molar-refractivity contribution >= 4 is 23.9 Å². The minimum atomic E-state index is -4.46. The van der Waals surface area contributed by atoms with Crippen molar-refractivity contribution < 1.29 is 49.7 Å². The monoisotopic (exact) mass is 708 g/mol. The summed E-state index contributed by atoms with van der Waals surface area (Å²) in [6.07, 6.45) is 0.854. The van der Waals surface area contributed by atoms with Gasteiger partial charge in [0.25, 0.3) is 12.3 Å². The molecule has 6 rings (SSSR count). The Hall–Kier alpha value is -4.32. The minimum Gasteiger partial charge on any atom is -0.353 e. The van der Waals surface area contributed by atoms with E-state index >= 15 is 0 Å². The summed E-state index contributed by atoms with van der Waals surface area (Å²) in [5.41, 5.74) is 2.32. The van der Waals surface area contributed by atoms with E-state index in [-0.39, 0.29) is 50.2 Å². The SMILES string of the molecule is CC.FC1(F)CCCCC1.O=C(NCc1cn2ncc(C[C@H]3CC(C(F)(F)F)NC3=O)cc2n1)c1nonc1C1CC1.O=CNCC(F)F. The fourth-order valence-electron chi connectivity index (χ4n) is 5.02. The van der Waals surface area contributed by atoms with E-state index in [1.807, 2.05) is 24.5 Å². The maximum atomic E-state index is 12.9. The quantitative estimate of drug-likeness (QED) is 0.204. The third-order valence-corrected chi connectivity index (χ3v) is 7.58. The number of carbonyl (C=O) groups excluding carboxylic acids is 3. The van der Waals surface area contributed by atoms with E-state index in [1.165, 1.54) is 10.7 Å². The summed E-state index contributed by atoms with van der Waals surface area (Å²) in [7, 11) is 0. The molecule has 0 spiro atoms. The first-order valence-corrected chi connectivity index (χ1v) is 15.9. The molecule has 19 heteroatoms. The van der Waals surface area contributed by atoms with E-state index in [0.29, 0.717) is 35.4 Å². The van der Waals surface area contributed by atoms with Gasteiger partial charge in [-0.25, -0.2) is 31.7 Å². The van der Waals surface area contributed by atoms with Gasteiger partial charge in [-0.1, -0.05) is 25.4 Å². The van der Waals surface area contributed by atoms with E-state index in [9.17, 15) is 45.1 Å². The Labute approximate surface area is 276 Å². The normalized spacial score (nSPS) is 19.8. The highest BCUT2D eigenvalue weighted by Crippen LogP contribution is 2.40. The fourth-order valence-corrected chi connectivity index (χ4v) is 5.02. The van der Waals surface area contributed by atoms with Crippen molar-refractivity contribution in [1.82, 2.24) is 40.9 Å². The van der Waals surface area contributed by atoms with Crippen LogP contribution in [0.5, 0.6) is 0 Å². The number of hydrogen-bond donors (Lipinski definition) is 3. The van der Waals surface area contributed by atoms with Crippen LogP contribution < -0.4 is 16.0 Å². The lowest BCUT2D eigenvalue weighted by atomic mass is 9.97. The highest BCUT2D eigenvalue weighted by atomic mass is 19.4. The van der Waals surface area contributed by atoms with Crippen LogP contribution in [0.3, 0.4) is 0 Å². The average Bonchev–Trinajstić information content (AvgIpc) is 3.44. The zero-order valence-corrected chi connectivity index (χ0v) is 26.9. The van der Waals surface area contributed by atoms with Crippen molar-refractivity contribution in [2.24, 2.45) is 5.92 Å². The number of imidazole rings is 1. The number of aromatic nitrogens is 5. The van der Waals surface area contributed by atoms with E-state index in [4.69, 9.17) is 0 Å². The van der Waals surface area contributed by atoms with Gasteiger partial charge in [0.15, 0.2) is 11.3 Å². The van der Waals surface area contributed by atoms with E-state index in [2.05, 4.69) is 30.3 Å². The predicted molar refractivity (Wildman–Crippen MR) is 160 cm³/mol. The number of amides is 3. The summed E-state index contributed by atoms with van der Waals surface area (Å²) in [6.45, 7) is 3.57. The van der Waals surface area contributed by atoms with Crippen molar-refractivity contribution in [3.8, 4) is 0 Å². The van der Waals surface area contributed by atoms with E-state index < -0.39 is 48.8 Å². The van der Waals surface area contributed by atoms with Crippen LogP contribution in [0.2, 0.25) is 0 Å². The molecule has 3 fully saturated rings. The summed E-state index contributed by atoms with van der Waals surface area (Å²) in [4.78, 5) is 37.9. The molecule has 4 heterocycles. The third kappa shape index (κ3) is 12.3. The summed E-state index contributed by atoms with van der Waals surface area (Å²) >= 11 is 0. The van der Waals surface area contributed by atoms with Gasteiger partial charge < -0.3 is 16.0 Å². The largest absolute Gasteiger partial charge is 0.408 e. The lowest BCUT2D eigenvalue weighted by molar-refractivity contribution is -0.154. The molecular weight excluding hydrogens is 669 g/mol. The molecule has 1 unspecified atom stereocenters. The maximum Gasteiger partial charge on any atom is 0.408 e. The van der Waals surface area contributed by atoms with Gasteiger partial charge in [0, 0.05) is 24.7 Å². The van der Waals surface area contributed by atoms with Crippen LogP contribution in [-0.2, 0) is 22.6 Å². The Balaban J connectivity index is 0.000000316. The molecule has 1 saturated heterocycles. The number of nitrogens with one attached hydrogen (secondary N) is 3. The smallest absolute Gasteiger partial charge is 0.353 e. The maximum absolute atomic E-state index is 12.9. The van der Waals surface area contributed by atoms with Crippen LogP contribution in [0.15, 0.2) is 23.1 Å². The van der Waals surface area contributed by atoms with Crippen molar-refractivity contribution in [2.45, 2.75) is 109 Å². The first-order valence-electron chi connectivity index (χ1n) is 15.9. The van der Waals surface area contributed by atoms with Gasteiger partial charge in [0.1, 0.15) is 11.7 Å². The molecule has 49 heavy (non-hydrogen) atoms. The number of hydrogen-bond acceptors (Lipinski definition) is 8. The standard InChI is InChI=1S/C19H18F3N7O3.C6H10F2.C3H5F2NO.C2H6/c20-19(21,22)13-5-11(17(30)26-13)3-9-4-14-25-12(8-29(14)24-6-9)7-23-18(31)16-15(10-1-2-10)27-32-28-16;7-6(8)4-2-1-3-5-6;4-3(5)1-6-2-7;1-2/h4,6,8,10-11,13H,1-3,5,7H2,(H,23,31)(H,26,30);1-5H2;2-3H,1H2,(H,6,7);1-2H3/t11-,13?;;;/m0.../s1. The molecule has 2 aliphatic carbocycles. The number of halogens is 7. The van der Waals surface area contributed by atoms with Crippen molar-refractivity contribution in [2.75, 3.05) is 6.54 Å². The van der Waals surface area contributed by atoms with Gasteiger partial charge in [0.05, 0.1) is 31.2 Å². The predicted octanol–water partition coefficient (Wildman–Crippen LogP) is 5.14. The Morgan fingerprint density at radius 2 is 1.86 bits per heavy atom. The van der Waals surface area contributed by atoms with E-state index in [1.54, 1.807) is 12.3 Å². The topological polar surface area (TPSA) is 156 Å². The number of nitrogens with zero attached hydrogens (tertiary/aromatic N) is 5.